The van der Waals surface area contributed by atoms with Gasteiger partial charge in [-0.15, -0.1) is 0 Å². The highest BCUT2D eigenvalue weighted by molar-refractivity contribution is 7.88. The van der Waals surface area contributed by atoms with Crippen molar-refractivity contribution < 1.29 is 22.3 Å². The first kappa shape index (κ1) is 18.4. The molecule has 0 aliphatic carbocycles. The van der Waals surface area contributed by atoms with E-state index in [1.165, 1.54) is 11.0 Å². The van der Waals surface area contributed by atoms with Crippen LogP contribution < -0.4 is 9.62 Å². The number of fused-ring (bicyclic) bond motifs is 1. The second kappa shape index (κ2) is 6.88. The summed E-state index contributed by atoms with van der Waals surface area (Å²) in [6.45, 7) is 0.0854. The molecule has 10 heteroatoms. The van der Waals surface area contributed by atoms with Gasteiger partial charge in [0.1, 0.15) is 11.9 Å². The number of amides is 1. The van der Waals surface area contributed by atoms with Crippen molar-refractivity contribution in [2.24, 2.45) is 0 Å². The molecule has 1 atom stereocenters. The molecule has 1 aliphatic rings. The third-order valence-corrected chi connectivity index (χ3v) is 5.07. The Balaban J connectivity index is 1.55. The van der Waals surface area contributed by atoms with Gasteiger partial charge in [0.25, 0.3) is 0 Å². The number of cyclic esters (lactones) is 1. The lowest BCUT2D eigenvalue weighted by atomic mass is 10.2. The van der Waals surface area contributed by atoms with Gasteiger partial charge >= 0.3 is 6.09 Å². The molecule has 3 heterocycles. The Morgan fingerprint density at radius 2 is 2.14 bits per heavy atom. The normalized spacial score (nSPS) is 17.3. The van der Waals surface area contributed by atoms with Crippen molar-refractivity contribution in [3.8, 4) is 5.69 Å². The Bertz CT molecular complexity index is 1130. The van der Waals surface area contributed by atoms with E-state index < -0.39 is 28.0 Å². The molecule has 1 aromatic carbocycles. The van der Waals surface area contributed by atoms with Crippen molar-refractivity contribution in [2.75, 3.05) is 24.2 Å². The molecule has 0 unspecified atom stereocenters. The maximum Gasteiger partial charge on any atom is 0.414 e. The highest BCUT2D eigenvalue weighted by Crippen LogP contribution is 2.26. The maximum absolute atomic E-state index is 14.7. The number of anilines is 1. The van der Waals surface area contributed by atoms with Crippen LogP contribution in [0.5, 0.6) is 0 Å². The first-order chi connectivity index (χ1) is 13.3. The molecule has 28 heavy (non-hydrogen) atoms. The molecule has 2 aromatic heterocycles. The van der Waals surface area contributed by atoms with Crippen LogP contribution in [0.25, 0.3) is 16.6 Å². The number of benzene rings is 1. The fourth-order valence-corrected chi connectivity index (χ4v) is 3.55. The van der Waals surface area contributed by atoms with Gasteiger partial charge in [-0.05, 0) is 30.3 Å². The second-order valence-corrected chi connectivity index (χ2v) is 8.35. The molecule has 146 valence electrons. The number of nitrogens with one attached hydrogen (secondary N) is 1. The zero-order chi connectivity index (χ0) is 19.9. The molecule has 0 spiro atoms. The summed E-state index contributed by atoms with van der Waals surface area (Å²) in [5, 5.41) is 0.885. The second-order valence-electron chi connectivity index (χ2n) is 6.52. The van der Waals surface area contributed by atoms with Gasteiger partial charge in [0.05, 0.1) is 29.7 Å². The maximum atomic E-state index is 14.7. The molecule has 4 rings (SSSR count). The molecule has 1 saturated heterocycles. The van der Waals surface area contributed by atoms with Crippen LogP contribution in [-0.2, 0) is 14.8 Å². The van der Waals surface area contributed by atoms with Crippen LogP contribution in [0.1, 0.15) is 0 Å². The Hall–Kier alpha value is -2.98. The van der Waals surface area contributed by atoms with E-state index in [2.05, 4.69) is 9.71 Å². The lowest BCUT2D eigenvalue weighted by molar-refractivity contribution is 0.143. The molecule has 8 nitrogen and oxygen atoms in total. The van der Waals surface area contributed by atoms with E-state index in [0.29, 0.717) is 11.4 Å². The fourth-order valence-electron chi connectivity index (χ4n) is 3.06. The number of rotatable bonds is 5. The number of ether oxygens (including phenoxy) is 1. The van der Waals surface area contributed by atoms with Crippen LogP contribution in [0.2, 0.25) is 0 Å². The standard InChI is InChI=1S/C18H17FN4O4S/c1-28(25,26)21-8-14-10-23(18(24)27-14)13-4-5-17(15(19)7-13)22-9-12-3-2-6-20-16(12)11-22/h2-7,9,11,14,21H,8,10H2,1H3/t14-/m0/s1. The zero-order valence-electron chi connectivity index (χ0n) is 14.9. The number of pyridine rings is 1. The minimum atomic E-state index is -3.39. The highest BCUT2D eigenvalue weighted by atomic mass is 32.2. The summed E-state index contributed by atoms with van der Waals surface area (Å²) in [6.07, 6.45) is 4.90. The summed E-state index contributed by atoms with van der Waals surface area (Å²) in [5.41, 5.74) is 1.41. The monoisotopic (exact) mass is 404 g/mol. The first-order valence-electron chi connectivity index (χ1n) is 8.45. The van der Waals surface area contributed by atoms with Crippen molar-refractivity contribution in [1.29, 1.82) is 0 Å². The van der Waals surface area contributed by atoms with Crippen LogP contribution in [0.15, 0.2) is 48.9 Å². The van der Waals surface area contributed by atoms with Crippen molar-refractivity contribution >= 4 is 32.7 Å². The van der Waals surface area contributed by atoms with Gasteiger partial charge < -0.3 is 9.30 Å². The van der Waals surface area contributed by atoms with Crippen molar-refractivity contribution in [1.82, 2.24) is 14.3 Å². The SMILES string of the molecule is CS(=O)(=O)NC[C@H]1CN(c2ccc(-n3cc4cccnc4c3)c(F)c2)C(=O)O1. The van der Waals surface area contributed by atoms with E-state index in [1.807, 2.05) is 6.07 Å². The molecule has 1 fully saturated rings. The lowest BCUT2D eigenvalue weighted by Gasteiger charge is -2.14. The highest BCUT2D eigenvalue weighted by Gasteiger charge is 2.33. The van der Waals surface area contributed by atoms with Crippen LogP contribution in [-0.4, -0.2) is 49.5 Å². The van der Waals surface area contributed by atoms with Crippen LogP contribution >= 0.6 is 0 Å². The van der Waals surface area contributed by atoms with Gasteiger partial charge in [0, 0.05) is 30.5 Å². The minimum absolute atomic E-state index is 0.0371. The van der Waals surface area contributed by atoms with Crippen molar-refractivity contribution in [3.05, 3.63) is 54.7 Å². The Morgan fingerprint density at radius 1 is 1.32 bits per heavy atom. The van der Waals surface area contributed by atoms with Crippen LogP contribution in [0, 0.1) is 5.82 Å². The van der Waals surface area contributed by atoms with E-state index in [0.717, 1.165) is 17.2 Å². The number of aromatic nitrogens is 2. The predicted molar refractivity (Wildman–Crippen MR) is 101 cm³/mol. The third kappa shape index (κ3) is 3.69. The van der Waals surface area contributed by atoms with Crippen LogP contribution in [0.4, 0.5) is 14.9 Å². The summed E-state index contributed by atoms with van der Waals surface area (Å²) in [4.78, 5) is 17.6. The molecule has 1 N–H and O–H groups in total. The molecular formula is C18H17FN4O4S. The summed E-state index contributed by atoms with van der Waals surface area (Å²) in [5.74, 6) is -0.511. The Kier molecular flexibility index (Phi) is 4.52. The van der Waals surface area contributed by atoms with Gasteiger partial charge in [0.2, 0.25) is 10.0 Å². The van der Waals surface area contributed by atoms with Gasteiger partial charge in [-0.1, -0.05) is 0 Å². The number of sulfonamides is 1. The zero-order valence-corrected chi connectivity index (χ0v) is 15.7. The number of nitrogens with zero attached hydrogens (tertiary/aromatic N) is 3. The van der Waals surface area contributed by atoms with Gasteiger partial charge in [-0.2, -0.15) is 0 Å². The smallest absolute Gasteiger partial charge is 0.414 e. The van der Waals surface area contributed by atoms with Gasteiger partial charge in [-0.25, -0.2) is 22.3 Å². The summed E-state index contributed by atoms with van der Waals surface area (Å²) in [6, 6.07) is 8.13. The average Bonchev–Trinajstić information content (AvgIpc) is 3.22. The number of carbonyl (C=O) groups excluding carboxylic acids is 1. The number of hydrogen-bond donors (Lipinski definition) is 1. The van der Waals surface area contributed by atoms with E-state index in [4.69, 9.17) is 4.74 Å². The Morgan fingerprint density at radius 3 is 2.86 bits per heavy atom. The van der Waals surface area contributed by atoms with E-state index in [9.17, 15) is 17.6 Å². The third-order valence-electron chi connectivity index (χ3n) is 4.38. The number of hydrogen-bond acceptors (Lipinski definition) is 5. The lowest BCUT2D eigenvalue weighted by Crippen LogP contribution is -2.34. The van der Waals surface area contributed by atoms with E-state index >= 15 is 0 Å². The summed E-state index contributed by atoms with van der Waals surface area (Å²) >= 11 is 0. The largest absolute Gasteiger partial charge is 0.443 e. The van der Waals surface area contributed by atoms with Crippen molar-refractivity contribution in [3.63, 3.8) is 0 Å². The molecule has 3 aromatic rings. The average molecular weight is 404 g/mol. The quantitative estimate of drug-likeness (QED) is 0.702. The molecule has 0 radical (unpaired) electrons. The molecular weight excluding hydrogens is 387 g/mol. The summed E-state index contributed by atoms with van der Waals surface area (Å²) < 4.78 is 46.2. The molecule has 0 bridgehead atoms. The predicted octanol–water partition coefficient (Wildman–Crippen LogP) is 2.04. The summed E-state index contributed by atoms with van der Waals surface area (Å²) in [7, 11) is -3.39. The van der Waals surface area contributed by atoms with E-state index in [1.54, 1.807) is 41.4 Å². The topological polar surface area (TPSA) is 93.5 Å². The fraction of sp³-hybridized carbons (Fsp3) is 0.222. The number of carbonyl (C=O) groups is 1. The Labute approximate surface area is 160 Å². The van der Waals surface area contributed by atoms with Gasteiger partial charge in [0.15, 0.2) is 0 Å². The minimum Gasteiger partial charge on any atom is -0.443 e. The molecule has 0 saturated carbocycles. The van der Waals surface area contributed by atoms with Crippen LogP contribution in [0.3, 0.4) is 0 Å². The van der Waals surface area contributed by atoms with Gasteiger partial charge in [-0.3, -0.25) is 9.88 Å². The molecule has 1 amide bonds. The number of halogens is 1. The van der Waals surface area contributed by atoms with Crippen molar-refractivity contribution in [2.45, 2.75) is 6.10 Å². The van der Waals surface area contributed by atoms with E-state index in [-0.39, 0.29) is 13.1 Å². The first-order valence-corrected chi connectivity index (χ1v) is 10.3. The molecule has 1 aliphatic heterocycles.